The molecule has 0 rings (SSSR count). The van der Waals surface area contributed by atoms with E-state index in [2.05, 4.69) is 0 Å². The average molecular weight is 226 g/mol. The van der Waals surface area contributed by atoms with Gasteiger partial charge in [0.15, 0.2) is 0 Å². The number of nitriles is 1. The number of nitrogens with zero attached hydrogens (tertiary/aromatic N) is 2. The number of thioether (sulfide) groups is 1. The molecule has 80 valence electrons. The van der Waals surface area contributed by atoms with E-state index in [0.29, 0.717) is 10.7 Å². The molecule has 14 heavy (non-hydrogen) atoms. The molecule has 0 N–H and O–H groups in total. The molecule has 0 aromatic heterocycles. The predicted octanol–water partition coefficient (Wildman–Crippen LogP) is 1.26. The lowest BCUT2D eigenvalue weighted by Crippen LogP contribution is -2.42. The van der Waals surface area contributed by atoms with E-state index in [1.54, 1.807) is 6.26 Å². The van der Waals surface area contributed by atoms with Crippen LogP contribution in [-0.4, -0.2) is 42.1 Å². The fraction of sp³-hybridized carbons (Fsp3) is 0.714. The largest absolute Gasteiger partial charge is 0.471 e. The fourth-order valence-corrected chi connectivity index (χ4v) is 1.12. The Morgan fingerprint density at radius 3 is 2.50 bits per heavy atom. The van der Waals surface area contributed by atoms with Crippen LogP contribution in [0.15, 0.2) is 0 Å². The van der Waals surface area contributed by atoms with Crippen LogP contribution in [0.5, 0.6) is 0 Å². The van der Waals surface area contributed by atoms with Gasteiger partial charge in [-0.25, -0.2) is 0 Å². The smallest absolute Gasteiger partial charge is 0.321 e. The standard InChI is InChI=1S/C7H9F3N2OS/c1-14-5-4-12(3-2-11)6(13)7(8,9)10/h3-5H2,1H3. The monoisotopic (exact) mass is 226 g/mol. The Hall–Kier alpha value is -0.900. The average Bonchev–Trinajstić information content (AvgIpc) is 2.09. The molecule has 0 radical (unpaired) electrons. The second-order valence-electron chi connectivity index (χ2n) is 2.38. The molecule has 0 saturated heterocycles. The first-order valence-corrected chi connectivity index (χ1v) is 5.05. The third kappa shape index (κ3) is 4.37. The van der Waals surface area contributed by atoms with E-state index in [1.165, 1.54) is 17.8 Å². The van der Waals surface area contributed by atoms with E-state index in [4.69, 9.17) is 5.26 Å². The third-order valence-corrected chi connectivity index (χ3v) is 1.95. The first-order valence-electron chi connectivity index (χ1n) is 3.65. The van der Waals surface area contributed by atoms with Gasteiger partial charge in [-0.3, -0.25) is 4.79 Å². The Kier molecular flexibility index (Phi) is 5.38. The topological polar surface area (TPSA) is 44.1 Å². The summed E-state index contributed by atoms with van der Waals surface area (Å²) in [5.74, 6) is -1.57. The van der Waals surface area contributed by atoms with Crippen molar-refractivity contribution in [2.45, 2.75) is 6.18 Å². The van der Waals surface area contributed by atoms with Crippen molar-refractivity contribution < 1.29 is 18.0 Å². The maximum absolute atomic E-state index is 11.9. The van der Waals surface area contributed by atoms with E-state index in [9.17, 15) is 18.0 Å². The predicted molar refractivity (Wildman–Crippen MR) is 46.6 cm³/mol. The normalized spacial score (nSPS) is 10.8. The lowest BCUT2D eigenvalue weighted by atomic mass is 10.4. The van der Waals surface area contributed by atoms with Gasteiger partial charge >= 0.3 is 12.1 Å². The summed E-state index contributed by atoms with van der Waals surface area (Å²) in [4.78, 5) is 11.2. The molecule has 0 saturated carbocycles. The molecule has 0 atom stereocenters. The minimum atomic E-state index is -4.89. The van der Waals surface area contributed by atoms with Crippen LogP contribution < -0.4 is 0 Å². The van der Waals surface area contributed by atoms with Gasteiger partial charge in [-0.05, 0) is 6.26 Å². The van der Waals surface area contributed by atoms with Crippen LogP contribution in [0.25, 0.3) is 0 Å². The van der Waals surface area contributed by atoms with E-state index in [1.807, 2.05) is 0 Å². The number of hydrogen-bond donors (Lipinski definition) is 0. The molecule has 7 heteroatoms. The van der Waals surface area contributed by atoms with Gasteiger partial charge in [0.1, 0.15) is 6.54 Å². The number of halogens is 3. The van der Waals surface area contributed by atoms with Crippen molar-refractivity contribution >= 4 is 17.7 Å². The second-order valence-corrected chi connectivity index (χ2v) is 3.36. The molecular formula is C7H9F3N2OS. The van der Waals surface area contributed by atoms with Crippen molar-refractivity contribution in [3.05, 3.63) is 0 Å². The number of hydrogen-bond acceptors (Lipinski definition) is 3. The Morgan fingerprint density at radius 2 is 2.14 bits per heavy atom. The van der Waals surface area contributed by atoms with E-state index < -0.39 is 18.6 Å². The maximum atomic E-state index is 11.9. The molecular weight excluding hydrogens is 217 g/mol. The summed E-state index contributed by atoms with van der Waals surface area (Å²) in [6.45, 7) is -0.591. The second kappa shape index (κ2) is 5.75. The van der Waals surface area contributed by atoms with Crippen molar-refractivity contribution in [1.29, 1.82) is 5.26 Å². The highest BCUT2D eigenvalue weighted by atomic mass is 32.2. The molecule has 0 unspecified atom stereocenters. The minimum Gasteiger partial charge on any atom is -0.321 e. The quantitative estimate of drug-likeness (QED) is 0.678. The molecule has 0 bridgehead atoms. The van der Waals surface area contributed by atoms with Crippen molar-refractivity contribution in [3.63, 3.8) is 0 Å². The molecule has 0 fully saturated rings. The van der Waals surface area contributed by atoms with Crippen LogP contribution in [0.3, 0.4) is 0 Å². The Bertz CT molecular complexity index is 236. The Labute approximate surface area is 83.9 Å². The van der Waals surface area contributed by atoms with Crippen LogP contribution in [0.1, 0.15) is 0 Å². The Morgan fingerprint density at radius 1 is 1.57 bits per heavy atom. The summed E-state index contributed by atoms with van der Waals surface area (Å²) < 4.78 is 35.8. The first-order chi connectivity index (χ1) is 6.43. The SMILES string of the molecule is CSCCN(CC#N)C(=O)C(F)(F)F. The lowest BCUT2D eigenvalue weighted by molar-refractivity contribution is -0.184. The molecule has 1 amide bonds. The maximum Gasteiger partial charge on any atom is 0.471 e. The highest BCUT2D eigenvalue weighted by Crippen LogP contribution is 2.18. The molecule has 0 spiro atoms. The van der Waals surface area contributed by atoms with Crippen LogP contribution in [0.2, 0.25) is 0 Å². The van der Waals surface area contributed by atoms with Gasteiger partial charge in [-0.1, -0.05) is 0 Å². The zero-order valence-electron chi connectivity index (χ0n) is 7.47. The van der Waals surface area contributed by atoms with Gasteiger partial charge in [0.05, 0.1) is 6.07 Å². The van der Waals surface area contributed by atoms with Crippen LogP contribution >= 0.6 is 11.8 Å². The summed E-state index contributed by atoms with van der Waals surface area (Å²) in [5.41, 5.74) is 0. The van der Waals surface area contributed by atoms with Crippen LogP contribution in [-0.2, 0) is 4.79 Å². The van der Waals surface area contributed by atoms with Gasteiger partial charge < -0.3 is 4.90 Å². The van der Waals surface area contributed by atoms with Crippen molar-refractivity contribution in [3.8, 4) is 6.07 Å². The summed E-state index contributed by atoms with van der Waals surface area (Å²) in [5, 5.41) is 8.23. The number of rotatable bonds is 4. The van der Waals surface area contributed by atoms with E-state index in [-0.39, 0.29) is 6.54 Å². The van der Waals surface area contributed by atoms with Crippen LogP contribution in [0.4, 0.5) is 13.2 Å². The van der Waals surface area contributed by atoms with Crippen molar-refractivity contribution in [2.75, 3.05) is 25.1 Å². The minimum absolute atomic E-state index is 0.0624. The number of amides is 1. The number of alkyl halides is 3. The van der Waals surface area contributed by atoms with Crippen molar-refractivity contribution in [2.24, 2.45) is 0 Å². The highest BCUT2D eigenvalue weighted by Gasteiger charge is 2.42. The summed E-state index contributed by atoms with van der Waals surface area (Å²) in [7, 11) is 0. The van der Waals surface area contributed by atoms with Gasteiger partial charge in [-0.2, -0.15) is 30.2 Å². The summed E-state index contributed by atoms with van der Waals surface area (Å²) >= 11 is 1.31. The van der Waals surface area contributed by atoms with Gasteiger partial charge in [0.2, 0.25) is 0 Å². The molecule has 3 nitrogen and oxygen atoms in total. The molecule has 0 aromatic rings. The summed E-state index contributed by atoms with van der Waals surface area (Å²) in [6.07, 6.45) is -3.18. The molecule has 0 aliphatic rings. The molecule has 0 heterocycles. The van der Waals surface area contributed by atoms with Gasteiger partial charge in [0.25, 0.3) is 0 Å². The van der Waals surface area contributed by atoms with Crippen LogP contribution in [0, 0.1) is 11.3 Å². The number of carbonyl (C=O) groups excluding carboxylic acids is 1. The fourth-order valence-electron chi connectivity index (χ4n) is 0.719. The zero-order chi connectivity index (χ0) is 11.2. The van der Waals surface area contributed by atoms with E-state index in [0.717, 1.165) is 0 Å². The Balaban J connectivity index is 4.35. The van der Waals surface area contributed by atoms with E-state index >= 15 is 0 Å². The highest BCUT2D eigenvalue weighted by molar-refractivity contribution is 7.98. The van der Waals surface area contributed by atoms with Gasteiger partial charge in [-0.15, -0.1) is 0 Å². The number of carbonyl (C=O) groups is 1. The molecule has 0 aromatic carbocycles. The first kappa shape index (κ1) is 13.1. The molecule has 0 aliphatic carbocycles. The van der Waals surface area contributed by atoms with Gasteiger partial charge in [0, 0.05) is 12.3 Å². The molecule has 0 aliphatic heterocycles. The van der Waals surface area contributed by atoms with Crippen molar-refractivity contribution in [1.82, 2.24) is 4.90 Å². The third-order valence-electron chi connectivity index (χ3n) is 1.36. The summed E-state index contributed by atoms with van der Waals surface area (Å²) in [6, 6.07) is 1.53. The zero-order valence-corrected chi connectivity index (χ0v) is 8.28. The lowest BCUT2D eigenvalue weighted by Gasteiger charge is -2.19.